The van der Waals surface area contributed by atoms with Gasteiger partial charge in [0.25, 0.3) is 8.87 Å². The molecule has 1 heterocycles. The highest BCUT2D eigenvalue weighted by atomic mass is 33.1. The molecule has 0 aliphatic rings. The van der Waals surface area contributed by atoms with E-state index in [1.807, 2.05) is 0 Å². The van der Waals surface area contributed by atoms with Crippen LogP contribution in [0, 0.1) is 0 Å². The van der Waals surface area contributed by atoms with Gasteiger partial charge in [-0.25, -0.2) is 8.42 Å². The summed E-state index contributed by atoms with van der Waals surface area (Å²) < 4.78 is 22.1. The van der Waals surface area contributed by atoms with Gasteiger partial charge in [0, 0.05) is 0 Å². The molecule has 0 aromatic carbocycles. The maximum absolute atomic E-state index is 10.9. The Kier molecular flexibility index (Phi) is 2.35. The number of hydrogen-bond acceptors (Lipinski definition) is 5. The molecule has 0 aliphatic heterocycles. The third kappa shape index (κ3) is 1.51. The highest BCUT2D eigenvalue weighted by Gasteiger charge is 2.12. The molecule has 0 aliphatic carbocycles. The van der Waals surface area contributed by atoms with E-state index in [0.717, 1.165) is 0 Å². The fourth-order valence-corrected chi connectivity index (χ4v) is 3.04. The van der Waals surface area contributed by atoms with E-state index < -0.39 is 8.87 Å². The second-order valence-corrected chi connectivity index (χ2v) is 6.12. The molecular formula is C4H5NO2S3. The molecule has 0 saturated carbocycles. The van der Waals surface area contributed by atoms with E-state index in [2.05, 4.69) is 0 Å². The summed E-state index contributed by atoms with van der Waals surface area (Å²) in [6.07, 6.45) is 0. The van der Waals surface area contributed by atoms with Crippen molar-refractivity contribution in [2.45, 2.75) is 4.21 Å². The SMILES string of the molecule is NSS(=O)(=O)c1cccs1. The van der Waals surface area contributed by atoms with Crippen molar-refractivity contribution in [2.75, 3.05) is 0 Å². The summed E-state index contributed by atoms with van der Waals surface area (Å²) in [4.78, 5) is 0. The van der Waals surface area contributed by atoms with Gasteiger partial charge >= 0.3 is 0 Å². The number of nitrogens with two attached hydrogens (primary N) is 1. The smallest absolute Gasteiger partial charge is 0.253 e. The topological polar surface area (TPSA) is 60.2 Å². The molecule has 1 aromatic heterocycles. The minimum atomic E-state index is -3.24. The third-order valence-corrected chi connectivity index (χ3v) is 4.97. The molecule has 56 valence electrons. The predicted molar refractivity (Wildman–Crippen MR) is 43.3 cm³/mol. The lowest BCUT2D eigenvalue weighted by Gasteiger charge is -1.91. The lowest BCUT2D eigenvalue weighted by atomic mass is 10.7. The zero-order valence-electron chi connectivity index (χ0n) is 4.85. The van der Waals surface area contributed by atoms with Gasteiger partial charge in [0.1, 0.15) is 4.21 Å². The van der Waals surface area contributed by atoms with Crippen molar-refractivity contribution in [1.82, 2.24) is 0 Å². The normalized spacial score (nSPS) is 11.7. The van der Waals surface area contributed by atoms with Crippen molar-refractivity contribution in [1.29, 1.82) is 0 Å². The molecular weight excluding hydrogens is 190 g/mol. The van der Waals surface area contributed by atoms with Crippen LogP contribution >= 0.6 is 22.3 Å². The summed E-state index contributed by atoms with van der Waals surface area (Å²) in [7, 11) is -2.87. The maximum atomic E-state index is 10.9. The van der Waals surface area contributed by atoms with Gasteiger partial charge in [-0.3, -0.25) is 5.14 Å². The van der Waals surface area contributed by atoms with Crippen LogP contribution in [0.3, 0.4) is 0 Å². The minimum Gasteiger partial charge on any atom is -0.264 e. The maximum Gasteiger partial charge on any atom is 0.253 e. The van der Waals surface area contributed by atoms with E-state index in [1.165, 1.54) is 17.4 Å². The zero-order valence-corrected chi connectivity index (χ0v) is 7.30. The Balaban J connectivity index is 3.09. The molecule has 0 atom stereocenters. The Hall–Kier alpha value is -0.0400. The van der Waals surface area contributed by atoms with Crippen LogP contribution in [-0.4, -0.2) is 8.42 Å². The molecule has 0 fully saturated rings. The summed E-state index contributed by atoms with van der Waals surface area (Å²) in [5.74, 6) is 0. The summed E-state index contributed by atoms with van der Waals surface area (Å²) in [5.41, 5.74) is 0. The Morgan fingerprint density at radius 3 is 2.70 bits per heavy atom. The van der Waals surface area contributed by atoms with E-state index >= 15 is 0 Å². The first-order valence-electron chi connectivity index (χ1n) is 2.33. The van der Waals surface area contributed by atoms with E-state index in [4.69, 9.17) is 5.14 Å². The molecule has 0 bridgehead atoms. The predicted octanol–water partition coefficient (Wildman–Crippen LogP) is 1.04. The molecule has 2 N–H and O–H groups in total. The fraction of sp³-hybridized carbons (Fsp3) is 0. The highest BCUT2D eigenvalue weighted by molar-refractivity contribution is 8.71. The summed E-state index contributed by atoms with van der Waals surface area (Å²) in [6.45, 7) is 0. The van der Waals surface area contributed by atoms with E-state index in [-0.39, 0.29) is 0 Å². The van der Waals surface area contributed by atoms with E-state index in [0.29, 0.717) is 15.2 Å². The Morgan fingerprint density at radius 1 is 1.60 bits per heavy atom. The van der Waals surface area contributed by atoms with Gasteiger partial charge in [0.2, 0.25) is 0 Å². The van der Waals surface area contributed by atoms with Gasteiger partial charge in [0.15, 0.2) is 0 Å². The first-order chi connectivity index (χ1) is 4.67. The molecule has 0 saturated heterocycles. The van der Waals surface area contributed by atoms with Crippen LogP contribution in [0.15, 0.2) is 21.7 Å². The van der Waals surface area contributed by atoms with E-state index in [9.17, 15) is 8.42 Å². The largest absolute Gasteiger partial charge is 0.264 e. The number of hydrogen-bond donors (Lipinski definition) is 1. The average molecular weight is 195 g/mol. The lowest BCUT2D eigenvalue weighted by molar-refractivity contribution is 0.612. The van der Waals surface area contributed by atoms with Crippen LogP contribution in [0.4, 0.5) is 0 Å². The van der Waals surface area contributed by atoms with Crippen molar-refractivity contribution in [3.8, 4) is 0 Å². The van der Waals surface area contributed by atoms with Gasteiger partial charge in [-0.1, -0.05) is 6.07 Å². The molecule has 6 heteroatoms. The molecule has 0 amide bonds. The first-order valence-corrected chi connectivity index (χ1v) is 6.09. The molecule has 0 spiro atoms. The van der Waals surface area contributed by atoms with Gasteiger partial charge in [0.05, 0.1) is 11.0 Å². The quantitative estimate of drug-likeness (QED) is 0.566. The molecule has 1 aromatic rings. The fourth-order valence-electron chi connectivity index (χ4n) is 0.453. The molecule has 1 rings (SSSR count). The first kappa shape index (κ1) is 8.06. The van der Waals surface area contributed by atoms with Crippen molar-refractivity contribution in [3.63, 3.8) is 0 Å². The van der Waals surface area contributed by atoms with Gasteiger partial charge in [-0.15, -0.1) is 11.3 Å². The Bertz CT molecular complexity index is 288. The van der Waals surface area contributed by atoms with Crippen LogP contribution in [0.5, 0.6) is 0 Å². The van der Waals surface area contributed by atoms with Crippen LogP contribution < -0.4 is 5.14 Å². The molecule has 10 heavy (non-hydrogen) atoms. The Morgan fingerprint density at radius 2 is 2.30 bits per heavy atom. The second-order valence-electron chi connectivity index (χ2n) is 1.48. The van der Waals surface area contributed by atoms with Crippen molar-refractivity contribution in [2.24, 2.45) is 5.14 Å². The van der Waals surface area contributed by atoms with Crippen LogP contribution in [0.1, 0.15) is 0 Å². The summed E-state index contributed by atoms with van der Waals surface area (Å²) >= 11 is 1.17. The average Bonchev–Trinajstić information content (AvgIpc) is 2.38. The van der Waals surface area contributed by atoms with Crippen LogP contribution in [-0.2, 0) is 8.87 Å². The number of rotatable bonds is 2. The van der Waals surface area contributed by atoms with Crippen molar-refractivity contribution < 1.29 is 8.42 Å². The summed E-state index contributed by atoms with van der Waals surface area (Å²) in [6, 6.07) is 3.20. The van der Waals surface area contributed by atoms with Crippen LogP contribution in [0.2, 0.25) is 0 Å². The highest BCUT2D eigenvalue weighted by Crippen LogP contribution is 2.22. The zero-order chi connectivity index (χ0) is 7.61. The molecule has 0 unspecified atom stereocenters. The second kappa shape index (κ2) is 2.91. The summed E-state index contributed by atoms with van der Waals surface area (Å²) in [5, 5.41) is 6.63. The monoisotopic (exact) mass is 195 g/mol. The van der Waals surface area contributed by atoms with E-state index in [1.54, 1.807) is 11.4 Å². The number of thiophene rings is 1. The standard InChI is InChI=1S/C4H5NO2S3/c5-9-10(6,7)4-2-1-3-8-4/h1-3H,5H2. The van der Waals surface area contributed by atoms with Crippen LogP contribution in [0.25, 0.3) is 0 Å². The van der Waals surface area contributed by atoms with Gasteiger partial charge < -0.3 is 0 Å². The molecule has 3 nitrogen and oxygen atoms in total. The van der Waals surface area contributed by atoms with Crippen molar-refractivity contribution >= 4 is 31.2 Å². The lowest BCUT2D eigenvalue weighted by Crippen LogP contribution is -1.95. The minimum absolute atomic E-state index is 0.306. The third-order valence-electron chi connectivity index (χ3n) is 0.868. The molecule has 0 radical (unpaired) electrons. The van der Waals surface area contributed by atoms with Crippen molar-refractivity contribution in [3.05, 3.63) is 17.5 Å². The Labute approximate surface area is 66.7 Å². The van der Waals surface area contributed by atoms with Gasteiger partial charge in [-0.2, -0.15) is 0 Å². The van der Waals surface area contributed by atoms with Gasteiger partial charge in [-0.05, 0) is 11.4 Å².